The molecule has 84 valence electrons. The summed E-state index contributed by atoms with van der Waals surface area (Å²) in [5.74, 6) is 1.79. The topological polar surface area (TPSA) is 4.93 Å². The molecule has 0 aromatic carbocycles. The average molecular weight is 205 g/mol. The molecule has 1 heterocycles. The maximum Gasteiger partial charge on any atom is 0.0338 e. The number of hydrogen-bond donors (Lipinski definition) is 0. The Morgan fingerprint density at radius 2 is 1.60 bits per heavy atom. The second-order valence-corrected chi connectivity index (χ2v) is 5.41. The molecule has 3 unspecified atom stereocenters. The first kappa shape index (κ1) is 10.8. The molecule has 0 saturated heterocycles. The van der Waals surface area contributed by atoms with E-state index in [2.05, 4.69) is 44.4 Å². The van der Waals surface area contributed by atoms with Crippen molar-refractivity contribution in [3.63, 3.8) is 0 Å². The van der Waals surface area contributed by atoms with E-state index >= 15 is 0 Å². The zero-order chi connectivity index (χ0) is 11.0. The van der Waals surface area contributed by atoms with Gasteiger partial charge in [-0.3, -0.25) is 0 Å². The molecule has 1 aromatic rings. The molecule has 0 aliphatic heterocycles. The summed E-state index contributed by atoms with van der Waals surface area (Å²) in [6.07, 6.45) is 4.11. The second kappa shape index (κ2) is 4.03. The lowest BCUT2D eigenvalue weighted by Gasteiger charge is -2.34. The molecule has 0 N–H and O–H groups in total. The minimum Gasteiger partial charge on any atom is -0.346 e. The van der Waals surface area contributed by atoms with Gasteiger partial charge in [-0.05, 0) is 57.1 Å². The molecule has 0 radical (unpaired) electrons. The van der Waals surface area contributed by atoms with Gasteiger partial charge in [-0.2, -0.15) is 0 Å². The Balaban J connectivity index is 2.19. The number of aryl methyl sites for hydroxylation is 2. The van der Waals surface area contributed by atoms with Crippen LogP contribution in [-0.2, 0) is 0 Å². The summed E-state index contributed by atoms with van der Waals surface area (Å²) in [5.41, 5.74) is 2.86. The molecule has 1 aliphatic carbocycles. The molecule has 1 saturated carbocycles. The van der Waals surface area contributed by atoms with Gasteiger partial charge in [-0.1, -0.05) is 13.8 Å². The molecule has 0 spiro atoms. The van der Waals surface area contributed by atoms with E-state index in [1.54, 1.807) is 0 Å². The Bertz CT molecular complexity index is 318. The predicted octanol–water partition coefficient (Wildman–Crippen LogP) is 4.10. The molecule has 1 aromatic heterocycles. The maximum atomic E-state index is 2.54. The van der Waals surface area contributed by atoms with Gasteiger partial charge in [0.25, 0.3) is 0 Å². The minimum absolute atomic E-state index is 0.756. The highest BCUT2D eigenvalue weighted by atomic mass is 15.0. The van der Waals surface area contributed by atoms with Crippen molar-refractivity contribution < 1.29 is 0 Å². The van der Waals surface area contributed by atoms with Crippen molar-refractivity contribution in [2.75, 3.05) is 0 Å². The second-order valence-electron chi connectivity index (χ2n) is 5.41. The van der Waals surface area contributed by atoms with E-state index in [1.165, 1.54) is 30.7 Å². The van der Waals surface area contributed by atoms with E-state index in [9.17, 15) is 0 Å². The quantitative estimate of drug-likeness (QED) is 0.650. The molecule has 15 heavy (non-hydrogen) atoms. The van der Waals surface area contributed by atoms with Crippen LogP contribution in [0.25, 0.3) is 0 Å². The van der Waals surface area contributed by atoms with Gasteiger partial charge in [0.15, 0.2) is 0 Å². The summed E-state index contributed by atoms with van der Waals surface area (Å²) in [5, 5.41) is 0. The van der Waals surface area contributed by atoms with Gasteiger partial charge in [-0.15, -0.1) is 0 Å². The smallest absolute Gasteiger partial charge is 0.0338 e. The fraction of sp³-hybridized carbons (Fsp3) is 0.714. The van der Waals surface area contributed by atoms with Crippen molar-refractivity contribution in [1.82, 2.24) is 4.57 Å². The largest absolute Gasteiger partial charge is 0.346 e. The molecular weight excluding hydrogens is 182 g/mol. The third-order valence-corrected chi connectivity index (χ3v) is 4.26. The zero-order valence-electron chi connectivity index (χ0n) is 10.5. The molecule has 3 atom stereocenters. The summed E-state index contributed by atoms with van der Waals surface area (Å²) in [4.78, 5) is 0. The highest BCUT2D eigenvalue weighted by Gasteiger charge is 2.26. The molecule has 1 fully saturated rings. The van der Waals surface area contributed by atoms with Crippen LogP contribution in [0.3, 0.4) is 0 Å². The molecule has 0 amide bonds. The number of aromatic nitrogens is 1. The van der Waals surface area contributed by atoms with Gasteiger partial charge in [0.1, 0.15) is 0 Å². The Hall–Kier alpha value is -0.720. The number of nitrogens with zero attached hydrogens (tertiary/aromatic N) is 1. The van der Waals surface area contributed by atoms with Crippen LogP contribution in [0.15, 0.2) is 12.1 Å². The van der Waals surface area contributed by atoms with E-state index in [0.717, 1.165) is 17.9 Å². The lowest BCUT2D eigenvalue weighted by molar-refractivity contribution is 0.208. The Labute approximate surface area is 93.5 Å². The normalized spacial score (nSPS) is 31.9. The van der Waals surface area contributed by atoms with E-state index in [1.807, 2.05) is 0 Å². The van der Waals surface area contributed by atoms with Crippen molar-refractivity contribution in [3.8, 4) is 0 Å². The molecule has 2 rings (SSSR count). The first-order valence-electron chi connectivity index (χ1n) is 6.24. The van der Waals surface area contributed by atoms with Crippen molar-refractivity contribution >= 4 is 0 Å². The maximum absolute atomic E-state index is 2.54. The monoisotopic (exact) mass is 205 g/mol. The van der Waals surface area contributed by atoms with E-state index in [4.69, 9.17) is 0 Å². The Kier molecular flexibility index (Phi) is 2.90. The standard InChI is InChI=1S/C14H23N/c1-10-5-8-14(9-11(10)2)15-12(3)6-7-13(15)4/h6-7,10-11,14H,5,8-9H2,1-4H3. The van der Waals surface area contributed by atoms with Gasteiger partial charge in [0.05, 0.1) is 0 Å². The number of rotatable bonds is 1. The van der Waals surface area contributed by atoms with Crippen molar-refractivity contribution in [2.24, 2.45) is 11.8 Å². The summed E-state index contributed by atoms with van der Waals surface area (Å²) in [6.45, 7) is 9.27. The van der Waals surface area contributed by atoms with Gasteiger partial charge in [-0.25, -0.2) is 0 Å². The average Bonchev–Trinajstić information content (AvgIpc) is 2.52. The van der Waals surface area contributed by atoms with Gasteiger partial charge in [0, 0.05) is 17.4 Å². The fourth-order valence-electron chi connectivity index (χ4n) is 3.01. The van der Waals surface area contributed by atoms with E-state index < -0.39 is 0 Å². The Morgan fingerprint density at radius 1 is 1.00 bits per heavy atom. The van der Waals surface area contributed by atoms with Gasteiger partial charge < -0.3 is 4.57 Å². The van der Waals surface area contributed by atoms with Crippen LogP contribution in [-0.4, -0.2) is 4.57 Å². The third kappa shape index (κ3) is 1.97. The third-order valence-electron chi connectivity index (χ3n) is 4.26. The highest BCUT2D eigenvalue weighted by Crippen LogP contribution is 2.37. The zero-order valence-corrected chi connectivity index (χ0v) is 10.5. The SMILES string of the molecule is Cc1ccc(C)n1C1CCC(C)C(C)C1. The van der Waals surface area contributed by atoms with Crippen molar-refractivity contribution in [2.45, 2.75) is 53.0 Å². The first-order chi connectivity index (χ1) is 7.09. The molecule has 1 nitrogen and oxygen atoms in total. The summed E-state index contributed by atoms with van der Waals surface area (Å²) >= 11 is 0. The van der Waals surface area contributed by atoms with Crippen LogP contribution in [0.2, 0.25) is 0 Å². The van der Waals surface area contributed by atoms with Crippen molar-refractivity contribution in [1.29, 1.82) is 0 Å². The Morgan fingerprint density at radius 3 is 2.13 bits per heavy atom. The predicted molar refractivity (Wildman–Crippen MR) is 65.1 cm³/mol. The summed E-state index contributed by atoms with van der Waals surface area (Å²) in [6, 6.07) is 5.25. The lowest BCUT2D eigenvalue weighted by atomic mass is 9.79. The van der Waals surface area contributed by atoms with Crippen LogP contribution in [0.4, 0.5) is 0 Å². The summed E-state index contributed by atoms with van der Waals surface area (Å²) < 4.78 is 2.54. The number of hydrogen-bond acceptors (Lipinski definition) is 0. The molecule has 0 bridgehead atoms. The first-order valence-corrected chi connectivity index (χ1v) is 6.24. The highest BCUT2D eigenvalue weighted by molar-refractivity contribution is 5.15. The minimum atomic E-state index is 0.756. The summed E-state index contributed by atoms with van der Waals surface area (Å²) in [7, 11) is 0. The van der Waals surface area contributed by atoms with Crippen LogP contribution >= 0.6 is 0 Å². The van der Waals surface area contributed by atoms with Gasteiger partial charge in [0.2, 0.25) is 0 Å². The lowest BCUT2D eigenvalue weighted by Crippen LogP contribution is -2.24. The van der Waals surface area contributed by atoms with Crippen molar-refractivity contribution in [3.05, 3.63) is 23.5 Å². The van der Waals surface area contributed by atoms with Crippen LogP contribution in [0, 0.1) is 25.7 Å². The molecule has 1 heteroatoms. The molecular formula is C14H23N. The van der Waals surface area contributed by atoms with Crippen LogP contribution < -0.4 is 0 Å². The van der Waals surface area contributed by atoms with E-state index in [-0.39, 0.29) is 0 Å². The van der Waals surface area contributed by atoms with E-state index in [0.29, 0.717) is 0 Å². The molecule has 1 aliphatic rings. The fourth-order valence-corrected chi connectivity index (χ4v) is 3.01. The van der Waals surface area contributed by atoms with Gasteiger partial charge >= 0.3 is 0 Å². The van der Waals surface area contributed by atoms with Crippen LogP contribution in [0.1, 0.15) is 50.5 Å². The van der Waals surface area contributed by atoms with Crippen LogP contribution in [0.5, 0.6) is 0 Å².